The summed E-state index contributed by atoms with van der Waals surface area (Å²) in [5.41, 5.74) is 5.10. The van der Waals surface area contributed by atoms with Crippen molar-refractivity contribution in [2.75, 3.05) is 0 Å². The fourth-order valence-electron chi connectivity index (χ4n) is 5.01. The number of hydrogen-bond donors (Lipinski definition) is 0. The summed E-state index contributed by atoms with van der Waals surface area (Å²) in [5, 5.41) is 10.3. The van der Waals surface area contributed by atoms with E-state index in [2.05, 4.69) is 128 Å². The van der Waals surface area contributed by atoms with Gasteiger partial charge in [0.2, 0.25) is 0 Å². The third kappa shape index (κ3) is 2.91. The molecule has 6 aromatic carbocycles. The normalized spacial score (nSPS) is 11.4. The summed E-state index contributed by atoms with van der Waals surface area (Å²) in [6, 6.07) is 39.2. The van der Waals surface area contributed by atoms with Gasteiger partial charge in [0.15, 0.2) is 0 Å². The Hall–Kier alpha value is -3.04. The van der Waals surface area contributed by atoms with E-state index >= 15 is 0 Å². The summed E-state index contributed by atoms with van der Waals surface area (Å²) in [7, 11) is 6.13. The van der Waals surface area contributed by atoms with Crippen LogP contribution in [-0.2, 0) is 0 Å². The molecule has 2 unspecified atom stereocenters. The number of benzene rings is 6. The first-order valence-corrected chi connectivity index (χ1v) is 12.0. The summed E-state index contributed by atoms with van der Waals surface area (Å²) >= 11 is 0. The third-order valence-electron chi connectivity index (χ3n) is 6.39. The lowest BCUT2D eigenvalue weighted by atomic mass is 9.84. The van der Waals surface area contributed by atoms with Gasteiger partial charge in [0.1, 0.15) is 0 Å². The lowest BCUT2D eigenvalue weighted by molar-refractivity contribution is 1.66. The predicted molar refractivity (Wildman–Crippen MR) is 149 cm³/mol. The van der Waals surface area contributed by atoms with E-state index in [9.17, 15) is 0 Å². The monoisotopic (exact) mass is 444 g/mol. The molecule has 0 amide bonds. The zero-order valence-electron chi connectivity index (χ0n) is 17.5. The molecule has 2 atom stereocenters. The van der Waals surface area contributed by atoms with Gasteiger partial charge in [0, 0.05) is 0 Å². The zero-order valence-corrected chi connectivity index (χ0v) is 19.9. The van der Waals surface area contributed by atoms with Crippen molar-refractivity contribution < 1.29 is 0 Å². The van der Waals surface area contributed by atoms with Crippen molar-refractivity contribution in [2.45, 2.75) is 0 Å². The zero-order chi connectivity index (χ0) is 21.7. The SMILES string of the molecule is Pc1c2ccccc2c(P)c2c(-c3ccccc3)c3ccccc3c(-c3ccccc3)c12. The molecule has 0 aliphatic carbocycles. The maximum atomic E-state index is 3.07. The van der Waals surface area contributed by atoms with Crippen molar-refractivity contribution in [2.24, 2.45) is 0 Å². The van der Waals surface area contributed by atoms with Crippen molar-refractivity contribution in [3.8, 4) is 22.3 Å². The lowest BCUT2D eigenvalue weighted by Crippen LogP contribution is -2.09. The average molecular weight is 444 g/mol. The topological polar surface area (TPSA) is 0 Å². The lowest BCUT2D eigenvalue weighted by Gasteiger charge is -2.22. The van der Waals surface area contributed by atoms with Crippen molar-refractivity contribution in [1.82, 2.24) is 0 Å². The number of hydrogen-bond acceptors (Lipinski definition) is 0. The van der Waals surface area contributed by atoms with Crippen molar-refractivity contribution in [1.29, 1.82) is 0 Å². The van der Waals surface area contributed by atoms with E-state index in [1.165, 1.54) is 65.2 Å². The van der Waals surface area contributed by atoms with Gasteiger partial charge in [0.05, 0.1) is 0 Å². The minimum Gasteiger partial charge on any atom is -0.104 e. The molecule has 0 N–H and O–H groups in total. The van der Waals surface area contributed by atoms with E-state index in [-0.39, 0.29) is 0 Å². The van der Waals surface area contributed by atoms with E-state index in [0.29, 0.717) is 0 Å². The van der Waals surface area contributed by atoms with Crippen LogP contribution in [0.25, 0.3) is 54.6 Å². The van der Waals surface area contributed by atoms with Gasteiger partial charge in [-0.3, -0.25) is 0 Å². The first-order valence-electron chi connectivity index (χ1n) is 10.8. The summed E-state index contributed by atoms with van der Waals surface area (Å²) < 4.78 is 0. The largest absolute Gasteiger partial charge is 0.104 e. The highest BCUT2D eigenvalue weighted by molar-refractivity contribution is 7.31. The summed E-state index contributed by atoms with van der Waals surface area (Å²) in [4.78, 5) is 0. The fourth-order valence-corrected chi connectivity index (χ4v) is 6.09. The van der Waals surface area contributed by atoms with E-state index in [1.807, 2.05) is 0 Å². The predicted octanol–water partition coefficient (Wildman–Crippen LogP) is 7.48. The Morgan fingerprint density at radius 1 is 0.344 bits per heavy atom. The van der Waals surface area contributed by atoms with Crippen LogP contribution in [0.5, 0.6) is 0 Å². The van der Waals surface area contributed by atoms with E-state index in [1.54, 1.807) is 0 Å². The molecule has 2 heteroatoms. The molecule has 0 saturated heterocycles. The van der Waals surface area contributed by atoms with E-state index in [4.69, 9.17) is 0 Å². The molecule has 0 spiro atoms. The highest BCUT2D eigenvalue weighted by Crippen LogP contribution is 2.44. The van der Waals surface area contributed by atoms with Gasteiger partial charge in [-0.2, -0.15) is 0 Å². The molecule has 0 bridgehead atoms. The smallest absolute Gasteiger partial charge is 0.000830 e. The van der Waals surface area contributed by atoms with Crippen LogP contribution < -0.4 is 10.6 Å². The molecule has 32 heavy (non-hydrogen) atoms. The second-order valence-corrected chi connectivity index (χ2v) is 9.31. The summed E-state index contributed by atoms with van der Waals surface area (Å²) in [6.07, 6.45) is 0. The van der Waals surface area contributed by atoms with Crippen LogP contribution in [0, 0.1) is 0 Å². The molecule has 0 saturated carbocycles. The Labute approximate surface area is 192 Å². The van der Waals surface area contributed by atoms with Gasteiger partial charge in [-0.15, -0.1) is 18.5 Å². The Bertz CT molecular complexity index is 1500. The number of rotatable bonds is 2. The molecule has 0 nitrogen and oxygen atoms in total. The van der Waals surface area contributed by atoms with Gasteiger partial charge >= 0.3 is 0 Å². The molecule has 0 radical (unpaired) electrons. The highest BCUT2D eigenvalue weighted by atomic mass is 31.0. The molecule has 0 aromatic heterocycles. The molecular formula is C30H22P2. The maximum Gasteiger partial charge on any atom is -0.000830 e. The number of fused-ring (bicyclic) bond motifs is 3. The Morgan fingerprint density at radius 2 is 0.656 bits per heavy atom. The highest BCUT2D eigenvalue weighted by Gasteiger charge is 2.21. The van der Waals surface area contributed by atoms with Crippen LogP contribution in [0.4, 0.5) is 0 Å². The van der Waals surface area contributed by atoms with Gasteiger partial charge in [0.25, 0.3) is 0 Å². The van der Waals surface area contributed by atoms with Crippen molar-refractivity contribution >= 4 is 61.4 Å². The van der Waals surface area contributed by atoms with Crippen LogP contribution in [0.3, 0.4) is 0 Å². The second kappa shape index (κ2) is 7.83. The van der Waals surface area contributed by atoms with E-state index in [0.717, 1.165) is 0 Å². The average Bonchev–Trinajstić information content (AvgIpc) is 2.87. The minimum atomic E-state index is 1.25. The van der Waals surface area contributed by atoms with Crippen molar-refractivity contribution in [3.63, 3.8) is 0 Å². The van der Waals surface area contributed by atoms with Crippen molar-refractivity contribution in [3.05, 3.63) is 109 Å². The fraction of sp³-hybridized carbons (Fsp3) is 0. The quantitative estimate of drug-likeness (QED) is 0.192. The molecule has 0 aliphatic heterocycles. The Balaban J connectivity index is 1.98. The first kappa shape index (κ1) is 19.6. The first-order chi connectivity index (χ1) is 15.8. The Morgan fingerprint density at radius 3 is 1.03 bits per heavy atom. The maximum absolute atomic E-state index is 3.07. The molecule has 6 aromatic rings. The van der Waals surface area contributed by atoms with Crippen LogP contribution in [0.15, 0.2) is 109 Å². The molecule has 0 heterocycles. The van der Waals surface area contributed by atoms with E-state index < -0.39 is 0 Å². The standard InChI is InChI=1S/C30H22P2/c31-29-23-17-9-10-18-24(23)30(32)28-26(20-13-5-2-6-14-20)22-16-8-7-15-21(22)25(27(28)29)19-11-3-1-4-12-19/h1-18H,31-32H2. The van der Waals surface area contributed by atoms with Crippen LogP contribution >= 0.6 is 18.5 Å². The second-order valence-electron chi connectivity index (χ2n) is 8.15. The van der Waals surface area contributed by atoms with Gasteiger partial charge in [-0.05, 0) is 65.2 Å². The van der Waals surface area contributed by atoms with Crippen LogP contribution in [0.1, 0.15) is 0 Å². The third-order valence-corrected chi connectivity index (χ3v) is 7.59. The Kier molecular flexibility index (Phi) is 4.80. The molecule has 0 fully saturated rings. The summed E-state index contributed by atoms with van der Waals surface area (Å²) in [6.45, 7) is 0. The minimum absolute atomic E-state index is 1.25. The van der Waals surface area contributed by atoms with Crippen LogP contribution in [0.2, 0.25) is 0 Å². The van der Waals surface area contributed by atoms with Gasteiger partial charge < -0.3 is 0 Å². The summed E-state index contributed by atoms with van der Waals surface area (Å²) in [5.74, 6) is 0. The van der Waals surface area contributed by atoms with Gasteiger partial charge in [-0.1, -0.05) is 109 Å². The van der Waals surface area contributed by atoms with Gasteiger partial charge in [-0.25, -0.2) is 0 Å². The molecule has 152 valence electrons. The molecular weight excluding hydrogens is 422 g/mol. The molecule has 6 rings (SSSR count). The molecule has 0 aliphatic rings. The van der Waals surface area contributed by atoms with Crippen LogP contribution in [-0.4, -0.2) is 0 Å².